The van der Waals surface area contributed by atoms with E-state index >= 15 is 0 Å². The van der Waals surface area contributed by atoms with E-state index in [1.807, 2.05) is 0 Å². The van der Waals surface area contributed by atoms with Gasteiger partial charge in [-0.3, -0.25) is 9.13 Å². The van der Waals surface area contributed by atoms with Gasteiger partial charge in [-0.2, -0.15) is 4.98 Å². The van der Waals surface area contributed by atoms with Gasteiger partial charge >= 0.3 is 7.60 Å². The first-order valence-electron chi connectivity index (χ1n) is 5.23. The summed E-state index contributed by atoms with van der Waals surface area (Å²) in [6, 6.07) is 0. The van der Waals surface area contributed by atoms with Crippen LogP contribution in [0.25, 0.3) is 11.5 Å². The maximum atomic E-state index is 10.6. The minimum atomic E-state index is -4.17. The molecule has 11 heteroatoms. The molecule has 2 heterocycles. The summed E-state index contributed by atoms with van der Waals surface area (Å²) >= 11 is 0. The Morgan fingerprint density at radius 1 is 1.37 bits per heavy atom. The molecule has 0 saturated carbocycles. The van der Waals surface area contributed by atoms with Crippen LogP contribution in [0.15, 0.2) is 6.33 Å². The molecule has 0 atom stereocenters. The fourth-order valence-corrected chi connectivity index (χ4v) is 1.91. The first-order valence-corrected chi connectivity index (χ1v) is 7.03. The lowest BCUT2D eigenvalue weighted by Gasteiger charge is -2.14. The molecule has 104 valence electrons. The van der Waals surface area contributed by atoms with Crippen LogP contribution in [0, 0.1) is 0 Å². The number of hydrogen-bond acceptors (Lipinski definition) is 7. The zero-order chi connectivity index (χ0) is 14.0. The molecule has 0 bridgehead atoms. The SMILES string of the molecule is Nc1nc(N)n(CCOCP(=O)(O)O)c2ncnc1-2. The summed E-state index contributed by atoms with van der Waals surface area (Å²) in [6.45, 7) is 0.280. The third-order valence-corrected chi connectivity index (χ3v) is 2.83. The van der Waals surface area contributed by atoms with Crippen molar-refractivity contribution < 1.29 is 19.1 Å². The van der Waals surface area contributed by atoms with E-state index in [9.17, 15) is 4.57 Å². The lowest BCUT2D eigenvalue weighted by molar-refractivity contribution is 0.149. The largest absolute Gasteiger partial charge is 0.382 e. The first kappa shape index (κ1) is 13.7. The van der Waals surface area contributed by atoms with Gasteiger partial charge < -0.3 is 26.0 Å². The Morgan fingerprint density at radius 2 is 2.11 bits per heavy atom. The smallest absolute Gasteiger partial charge is 0.350 e. The molecule has 0 aromatic heterocycles. The van der Waals surface area contributed by atoms with Crippen LogP contribution in [0.5, 0.6) is 0 Å². The zero-order valence-electron chi connectivity index (χ0n) is 9.80. The number of hydrogen-bond donors (Lipinski definition) is 4. The Hall–Kier alpha value is -1.74. The van der Waals surface area contributed by atoms with Crippen LogP contribution in [0.3, 0.4) is 0 Å². The van der Waals surface area contributed by atoms with Gasteiger partial charge in [-0.05, 0) is 0 Å². The van der Waals surface area contributed by atoms with Crippen LogP contribution in [0.4, 0.5) is 11.8 Å². The van der Waals surface area contributed by atoms with Gasteiger partial charge in [0.25, 0.3) is 0 Å². The third kappa shape index (κ3) is 3.18. The molecule has 0 fully saturated rings. The number of ether oxygens (including phenoxy) is 1. The molecule has 0 unspecified atom stereocenters. The Bertz CT molecular complexity index is 595. The molecule has 0 amide bonds. The van der Waals surface area contributed by atoms with E-state index in [1.165, 1.54) is 10.9 Å². The van der Waals surface area contributed by atoms with Crippen molar-refractivity contribution in [2.24, 2.45) is 0 Å². The number of nitrogens with zero attached hydrogens (tertiary/aromatic N) is 4. The van der Waals surface area contributed by atoms with Gasteiger partial charge in [-0.25, -0.2) is 9.97 Å². The van der Waals surface area contributed by atoms with E-state index in [0.717, 1.165) is 0 Å². The molecule has 19 heavy (non-hydrogen) atoms. The van der Waals surface area contributed by atoms with Crippen molar-refractivity contribution in [3.63, 3.8) is 0 Å². The van der Waals surface area contributed by atoms with E-state index in [-0.39, 0.29) is 24.9 Å². The number of aromatic nitrogens is 4. The van der Waals surface area contributed by atoms with Gasteiger partial charge in [0.05, 0.1) is 13.2 Å². The van der Waals surface area contributed by atoms with Crippen molar-refractivity contribution in [3.05, 3.63) is 6.33 Å². The van der Waals surface area contributed by atoms with E-state index in [2.05, 4.69) is 15.0 Å². The molecule has 0 aromatic carbocycles. The Kier molecular flexibility index (Phi) is 3.67. The van der Waals surface area contributed by atoms with Crippen molar-refractivity contribution in [3.8, 4) is 11.5 Å². The molecule has 0 radical (unpaired) electrons. The number of anilines is 2. The molecular weight excluding hydrogens is 275 g/mol. The van der Waals surface area contributed by atoms with Crippen LogP contribution in [-0.2, 0) is 15.8 Å². The topological polar surface area (TPSA) is 162 Å². The minimum Gasteiger partial charge on any atom is -0.382 e. The van der Waals surface area contributed by atoms with Crippen molar-refractivity contribution in [2.45, 2.75) is 6.54 Å². The van der Waals surface area contributed by atoms with Crippen molar-refractivity contribution in [1.82, 2.24) is 19.5 Å². The van der Waals surface area contributed by atoms with E-state index in [1.54, 1.807) is 0 Å². The fourth-order valence-electron chi connectivity index (χ4n) is 1.54. The molecule has 0 saturated heterocycles. The van der Waals surface area contributed by atoms with Crippen molar-refractivity contribution in [1.29, 1.82) is 0 Å². The van der Waals surface area contributed by atoms with Crippen LogP contribution in [0.1, 0.15) is 0 Å². The third-order valence-electron chi connectivity index (χ3n) is 2.31. The first-order chi connectivity index (χ1) is 8.88. The van der Waals surface area contributed by atoms with Gasteiger partial charge in [-0.15, -0.1) is 0 Å². The number of fused-ring (bicyclic) bond motifs is 1. The normalized spacial score (nSPS) is 12.1. The lowest BCUT2D eigenvalue weighted by Crippen LogP contribution is -2.17. The predicted molar refractivity (Wildman–Crippen MR) is 66.1 cm³/mol. The van der Waals surface area contributed by atoms with Crippen LogP contribution >= 0.6 is 7.60 Å². The van der Waals surface area contributed by atoms with Crippen molar-refractivity contribution in [2.75, 3.05) is 24.4 Å². The number of rotatable bonds is 5. The molecule has 2 aliphatic heterocycles. The van der Waals surface area contributed by atoms with Gasteiger partial charge in [0, 0.05) is 0 Å². The summed E-state index contributed by atoms with van der Waals surface area (Å²) in [5.41, 5.74) is 11.8. The van der Waals surface area contributed by atoms with Crippen molar-refractivity contribution >= 4 is 19.4 Å². The predicted octanol–water partition coefficient (Wildman–Crippen LogP) is -0.906. The molecule has 10 nitrogen and oxygen atoms in total. The van der Waals surface area contributed by atoms with E-state index < -0.39 is 13.9 Å². The summed E-state index contributed by atoms with van der Waals surface area (Å²) in [5.74, 6) is 0.757. The quantitative estimate of drug-likeness (QED) is 0.403. The number of nitrogens with two attached hydrogens (primary N) is 2. The Morgan fingerprint density at radius 3 is 2.79 bits per heavy atom. The maximum Gasteiger partial charge on any atom is 0.350 e. The molecule has 0 aromatic rings. The average molecular weight is 288 g/mol. The second-order valence-electron chi connectivity index (χ2n) is 3.75. The molecule has 6 N–H and O–H groups in total. The minimum absolute atomic E-state index is 0.0491. The second kappa shape index (κ2) is 5.10. The summed E-state index contributed by atoms with van der Waals surface area (Å²) in [7, 11) is -4.17. The number of imidazole rings is 1. The molecule has 2 aliphatic rings. The monoisotopic (exact) mass is 288 g/mol. The average Bonchev–Trinajstić information content (AvgIpc) is 2.75. The summed E-state index contributed by atoms with van der Waals surface area (Å²) < 4.78 is 17.0. The molecule has 0 aliphatic carbocycles. The van der Waals surface area contributed by atoms with Gasteiger partial charge in [0.1, 0.15) is 18.4 Å². The zero-order valence-corrected chi connectivity index (χ0v) is 10.7. The fraction of sp³-hybridized carbons (Fsp3) is 0.375. The van der Waals surface area contributed by atoms with E-state index in [4.69, 9.17) is 26.0 Å². The van der Waals surface area contributed by atoms with Gasteiger partial charge in [0.2, 0.25) is 5.95 Å². The highest BCUT2D eigenvalue weighted by Gasteiger charge is 2.18. The summed E-state index contributed by atoms with van der Waals surface area (Å²) in [4.78, 5) is 29.2. The van der Waals surface area contributed by atoms with Gasteiger partial charge in [0.15, 0.2) is 11.6 Å². The lowest BCUT2D eigenvalue weighted by atomic mass is 10.3. The van der Waals surface area contributed by atoms with Gasteiger partial charge in [-0.1, -0.05) is 0 Å². The molecule has 2 rings (SSSR count). The van der Waals surface area contributed by atoms with Crippen LogP contribution in [-0.4, -0.2) is 42.3 Å². The highest BCUT2D eigenvalue weighted by molar-refractivity contribution is 7.51. The molecular formula is C8H13N6O4P. The van der Waals surface area contributed by atoms with Crippen LogP contribution < -0.4 is 11.5 Å². The van der Waals surface area contributed by atoms with Crippen LogP contribution in [0.2, 0.25) is 0 Å². The highest BCUT2D eigenvalue weighted by atomic mass is 31.2. The highest BCUT2D eigenvalue weighted by Crippen LogP contribution is 2.33. The number of nitrogen functional groups attached to an aromatic ring is 2. The second-order valence-corrected chi connectivity index (χ2v) is 5.34. The van der Waals surface area contributed by atoms with E-state index in [0.29, 0.717) is 11.5 Å². The summed E-state index contributed by atoms with van der Waals surface area (Å²) in [5, 5.41) is 0. The molecule has 0 spiro atoms. The Labute approximate surface area is 107 Å². The maximum absolute atomic E-state index is 10.6. The summed E-state index contributed by atoms with van der Waals surface area (Å²) in [6.07, 6.45) is 0.681. The standard InChI is InChI=1S/C8H13N6O4P/c9-6-5-7(12-3-11-5)14(8(10)13-6)1-2-18-4-19(15,16)17/h3H,1-2,4,9H2,(H2,10,13)(H2,15,16,17). The Balaban J connectivity index is 2.09.